The summed E-state index contributed by atoms with van der Waals surface area (Å²) in [6.45, 7) is 0. The number of aromatic nitrogens is 1. The van der Waals surface area contributed by atoms with Crippen molar-refractivity contribution in [3.8, 4) is 0 Å². The second-order valence-electron chi connectivity index (χ2n) is 1.50. The topological polar surface area (TPSA) is 50.2 Å². The van der Waals surface area contributed by atoms with Crippen LogP contribution in [0.2, 0.25) is 0 Å². The summed E-state index contributed by atoms with van der Waals surface area (Å²) in [5.74, 6) is -0.829. The molecule has 0 radical (unpaired) electrons. The van der Waals surface area contributed by atoms with Crippen LogP contribution < -0.4 is 51.4 Å². The van der Waals surface area contributed by atoms with Gasteiger partial charge in [0.15, 0.2) is 0 Å². The maximum absolute atomic E-state index is 10.0. The molecular weight excluding hydrogens is 177 g/mol. The van der Waals surface area contributed by atoms with Crippen LogP contribution in [0.5, 0.6) is 0 Å². The number of carboxylic acid groups (broad SMARTS) is 1. The van der Waals surface area contributed by atoms with E-state index < -0.39 is 5.97 Å². The Balaban J connectivity index is 0. The van der Waals surface area contributed by atoms with E-state index in [0.29, 0.717) is 5.01 Å². The minimum absolute atomic E-state index is 0. The van der Waals surface area contributed by atoms with E-state index in [1.165, 1.54) is 11.3 Å². The zero-order valence-corrected chi connectivity index (χ0v) is 9.51. The zero-order valence-electron chi connectivity index (χ0n) is 6.57. The van der Waals surface area contributed by atoms with Gasteiger partial charge in [0, 0.05) is 11.6 Å². The van der Waals surface area contributed by atoms with E-state index in [-0.39, 0.29) is 59.2 Å². The van der Waals surface area contributed by atoms with E-state index in [2.05, 4.69) is 4.98 Å². The smallest absolute Gasteiger partial charge is 1.00 e. The Bertz CT molecular complexity index is 204. The molecule has 5 heteroatoms. The maximum atomic E-state index is 10.0. The van der Waals surface area contributed by atoms with Crippen molar-refractivity contribution in [3.63, 3.8) is 0 Å². The van der Waals surface area contributed by atoms with Crippen LogP contribution in [0.4, 0.5) is 0 Å². The molecule has 1 rings (SSSR count). The molecule has 0 spiro atoms. The minimum atomic E-state index is -0.829. The molecule has 0 aromatic carbocycles. The van der Waals surface area contributed by atoms with Crippen molar-refractivity contribution in [3.05, 3.63) is 16.6 Å². The monoisotopic (exact) mass is 183 g/mol. The van der Waals surface area contributed by atoms with E-state index >= 15 is 0 Å². The predicted molar refractivity (Wildman–Crippen MR) is 34.6 cm³/mol. The standard InChI is InChI=1S/C5H5NO2S.K.H/c7-5(8)3-4-6-1-2-9-4;;/h1-2H,3H2,(H,7,8);;/q;+1;-1. The number of hydrogen-bond acceptors (Lipinski definition) is 3. The fourth-order valence-electron chi connectivity index (χ4n) is 0.470. The van der Waals surface area contributed by atoms with Gasteiger partial charge in [0.25, 0.3) is 0 Å². The van der Waals surface area contributed by atoms with Gasteiger partial charge in [0.05, 0.1) is 6.42 Å². The van der Waals surface area contributed by atoms with Crippen molar-refractivity contribution < 1.29 is 62.7 Å². The summed E-state index contributed by atoms with van der Waals surface area (Å²) < 4.78 is 0. The van der Waals surface area contributed by atoms with Gasteiger partial charge < -0.3 is 6.53 Å². The van der Waals surface area contributed by atoms with Crippen molar-refractivity contribution in [2.75, 3.05) is 0 Å². The Morgan fingerprint density at radius 1 is 1.90 bits per heavy atom. The molecule has 0 saturated heterocycles. The maximum Gasteiger partial charge on any atom is 1.00 e. The van der Waals surface area contributed by atoms with Crippen LogP contribution in [-0.4, -0.2) is 16.1 Å². The Labute approximate surface area is 106 Å². The fourth-order valence-corrected chi connectivity index (χ4v) is 1.08. The number of hydrogen-bond donors (Lipinski definition) is 1. The Morgan fingerprint density at radius 3 is 3.00 bits per heavy atom. The van der Waals surface area contributed by atoms with Gasteiger partial charge >= 0.3 is 57.4 Å². The summed E-state index contributed by atoms with van der Waals surface area (Å²) >= 11 is 1.36. The van der Waals surface area contributed by atoms with Crippen LogP contribution in [0, 0.1) is 0 Å². The third kappa shape index (κ3) is 3.80. The molecule has 10 heavy (non-hydrogen) atoms. The predicted octanol–water partition coefficient (Wildman–Crippen LogP) is -2.11. The first-order chi connectivity index (χ1) is 4.29. The average molecular weight is 183 g/mol. The number of aliphatic carboxylic acids is 1. The van der Waals surface area contributed by atoms with E-state index in [4.69, 9.17) is 5.11 Å². The van der Waals surface area contributed by atoms with Crippen LogP contribution in [0.3, 0.4) is 0 Å². The molecular formula is C5H6KNO2S. The first-order valence-electron chi connectivity index (χ1n) is 2.39. The molecule has 1 N–H and O–H groups in total. The van der Waals surface area contributed by atoms with Crippen molar-refractivity contribution in [2.45, 2.75) is 6.42 Å². The third-order valence-electron chi connectivity index (χ3n) is 0.786. The Kier molecular flexibility index (Phi) is 5.79. The summed E-state index contributed by atoms with van der Waals surface area (Å²) in [6, 6.07) is 0. The Hall–Kier alpha value is 0.736. The number of carbonyl (C=O) groups is 1. The molecule has 1 heterocycles. The van der Waals surface area contributed by atoms with Gasteiger partial charge in [-0.15, -0.1) is 11.3 Å². The van der Waals surface area contributed by atoms with E-state index in [0.717, 1.165) is 0 Å². The van der Waals surface area contributed by atoms with Crippen molar-refractivity contribution in [1.82, 2.24) is 4.98 Å². The number of nitrogens with zero attached hydrogens (tertiary/aromatic N) is 1. The molecule has 0 aliphatic carbocycles. The molecule has 0 unspecified atom stereocenters. The van der Waals surface area contributed by atoms with Crippen LogP contribution in [-0.2, 0) is 11.2 Å². The number of carboxylic acids is 1. The summed E-state index contributed by atoms with van der Waals surface area (Å²) in [6.07, 6.45) is 1.64. The summed E-state index contributed by atoms with van der Waals surface area (Å²) in [7, 11) is 0. The molecule has 0 fully saturated rings. The first kappa shape index (κ1) is 10.7. The molecule has 0 aliphatic heterocycles. The fraction of sp³-hybridized carbons (Fsp3) is 0.200. The van der Waals surface area contributed by atoms with Crippen molar-refractivity contribution >= 4 is 17.3 Å². The quantitative estimate of drug-likeness (QED) is 0.534. The van der Waals surface area contributed by atoms with Crippen LogP contribution in [0.1, 0.15) is 6.43 Å². The van der Waals surface area contributed by atoms with E-state index in [9.17, 15) is 4.79 Å². The van der Waals surface area contributed by atoms with Gasteiger partial charge in [-0.2, -0.15) is 0 Å². The minimum Gasteiger partial charge on any atom is -1.00 e. The normalized spacial score (nSPS) is 8.40. The summed E-state index contributed by atoms with van der Waals surface area (Å²) in [5.41, 5.74) is 0. The number of thiazole rings is 1. The summed E-state index contributed by atoms with van der Waals surface area (Å²) in [4.78, 5) is 13.8. The van der Waals surface area contributed by atoms with Gasteiger partial charge in [-0.1, -0.05) is 0 Å². The van der Waals surface area contributed by atoms with Gasteiger partial charge in [-0.05, 0) is 0 Å². The van der Waals surface area contributed by atoms with Gasteiger partial charge in [-0.3, -0.25) is 4.79 Å². The van der Waals surface area contributed by atoms with Crippen molar-refractivity contribution in [2.24, 2.45) is 0 Å². The van der Waals surface area contributed by atoms with Crippen molar-refractivity contribution in [1.29, 1.82) is 0 Å². The van der Waals surface area contributed by atoms with Crippen LogP contribution >= 0.6 is 11.3 Å². The molecule has 1 aromatic heterocycles. The largest absolute Gasteiger partial charge is 1.00 e. The molecule has 0 aliphatic rings. The average Bonchev–Trinajstić information content (AvgIpc) is 2.15. The molecule has 3 nitrogen and oxygen atoms in total. The van der Waals surface area contributed by atoms with Gasteiger partial charge in [-0.25, -0.2) is 4.98 Å². The third-order valence-corrected chi connectivity index (χ3v) is 1.57. The molecule has 1 aromatic rings. The van der Waals surface area contributed by atoms with E-state index in [1.807, 2.05) is 0 Å². The molecule has 0 atom stereocenters. The molecule has 0 amide bonds. The van der Waals surface area contributed by atoms with Gasteiger partial charge in [0.2, 0.25) is 0 Å². The summed E-state index contributed by atoms with van der Waals surface area (Å²) in [5, 5.41) is 10.7. The van der Waals surface area contributed by atoms with Crippen LogP contribution in [0.25, 0.3) is 0 Å². The molecule has 0 saturated carbocycles. The Morgan fingerprint density at radius 2 is 2.60 bits per heavy atom. The first-order valence-corrected chi connectivity index (χ1v) is 3.27. The number of rotatable bonds is 2. The van der Waals surface area contributed by atoms with Gasteiger partial charge in [0.1, 0.15) is 5.01 Å². The van der Waals surface area contributed by atoms with E-state index in [1.54, 1.807) is 11.6 Å². The second kappa shape index (κ2) is 5.39. The van der Waals surface area contributed by atoms with Crippen LogP contribution in [0.15, 0.2) is 11.6 Å². The zero-order chi connectivity index (χ0) is 6.69. The molecule has 50 valence electrons. The molecule has 0 bridgehead atoms. The second-order valence-corrected chi connectivity index (χ2v) is 2.48. The SMILES string of the molecule is O=C(O)Cc1nccs1.[H-].[K+].